The second kappa shape index (κ2) is 6.50. The smallest absolute Gasteiger partial charge is 0.212 e. The van der Waals surface area contributed by atoms with E-state index in [1.807, 2.05) is 0 Å². The van der Waals surface area contributed by atoms with E-state index in [9.17, 15) is 0 Å². The summed E-state index contributed by atoms with van der Waals surface area (Å²) in [6.07, 6.45) is 3.20. The number of benzene rings is 1. The van der Waals surface area contributed by atoms with Gasteiger partial charge in [-0.3, -0.25) is 0 Å². The number of aryl methyl sites for hydroxylation is 1. The molecule has 0 unspecified atom stereocenters. The third kappa shape index (κ3) is 2.72. The van der Waals surface area contributed by atoms with Crippen molar-refractivity contribution < 1.29 is 0 Å². The summed E-state index contributed by atoms with van der Waals surface area (Å²) < 4.78 is 3.14. The summed E-state index contributed by atoms with van der Waals surface area (Å²) in [7, 11) is 0. The van der Waals surface area contributed by atoms with Gasteiger partial charge in [0.25, 0.3) is 0 Å². The minimum Gasteiger partial charge on any atom is -0.217 e. The summed E-state index contributed by atoms with van der Waals surface area (Å²) in [5.74, 6) is 0.549. The van der Waals surface area contributed by atoms with Gasteiger partial charge in [-0.05, 0) is 31.4 Å². The summed E-state index contributed by atoms with van der Waals surface area (Å²) in [6, 6.07) is 8.34. The summed E-state index contributed by atoms with van der Waals surface area (Å²) in [5.41, 5.74) is 3.41. The van der Waals surface area contributed by atoms with Gasteiger partial charge in [0, 0.05) is 16.0 Å². The Labute approximate surface area is 143 Å². The zero-order valence-electron chi connectivity index (χ0n) is 13.1. The van der Waals surface area contributed by atoms with Gasteiger partial charge in [0.15, 0.2) is 0 Å². The molecule has 0 aliphatic rings. The van der Waals surface area contributed by atoms with Crippen LogP contribution in [0.15, 0.2) is 28.7 Å². The lowest BCUT2D eigenvalue weighted by Gasteiger charge is -2.07. The van der Waals surface area contributed by atoms with Gasteiger partial charge >= 0.3 is 0 Å². The van der Waals surface area contributed by atoms with Crippen LogP contribution in [0.5, 0.6) is 0 Å². The lowest BCUT2D eigenvalue weighted by Crippen LogP contribution is -1.99. The molecule has 3 nitrogen and oxygen atoms in total. The van der Waals surface area contributed by atoms with E-state index in [1.165, 1.54) is 10.7 Å². The Bertz CT molecular complexity index is 769. The largest absolute Gasteiger partial charge is 0.217 e. The second-order valence-electron chi connectivity index (χ2n) is 5.42. The molecule has 0 spiro atoms. The Kier molecular flexibility index (Phi) is 4.64. The standard InChI is InChI=1S/C17H20BrN3S/c1-4-11(5-2)16-20-21-14(6-3)15(19-17(21)22-16)12-7-9-13(18)10-8-12/h7-11H,4-6H2,1-3H3. The summed E-state index contributed by atoms with van der Waals surface area (Å²) in [4.78, 5) is 5.87. The first-order chi connectivity index (χ1) is 10.7. The van der Waals surface area contributed by atoms with Crippen LogP contribution in [-0.4, -0.2) is 14.6 Å². The van der Waals surface area contributed by atoms with Crippen molar-refractivity contribution in [3.8, 4) is 11.3 Å². The predicted octanol–water partition coefficient (Wildman–Crippen LogP) is 5.69. The number of rotatable bonds is 5. The Hall–Kier alpha value is -1.20. The Balaban J connectivity index is 2.09. The topological polar surface area (TPSA) is 30.2 Å². The molecule has 5 heteroatoms. The maximum absolute atomic E-state index is 4.86. The fourth-order valence-electron chi connectivity index (χ4n) is 2.76. The van der Waals surface area contributed by atoms with Crippen molar-refractivity contribution >= 4 is 32.2 Å². The molecule has 0 aliphatic heterocycles. The van der Waals surface area contributed by atoms with Crippen molar-refractivity contribution in [1.29, 1.82) is 0 Å². The van der Waals surface area contributed by atoms with Crippen molar-refractivity contribution in [2.24, 2.45) is 0 Å². The van der Waals surface area contributed by atoms with E-state index in [2.05, 4.69) is 65.5 Å². The zero-order valence-corrected chi connectivity index (χ0v) is 15.5. The van der Waals surface area contributed by atoms with Gasteiger partial charge < -0.3 is 0 Å². The van der Waals surface area contributed by atoms with Gasteiger partial charge in [-0.2, -0.15) is 5.10 Å². The molecule has 0 atom stereocenters. The maximum Gasteiger partial charge on any atom is 0.212 e. The third-order valence-corrected chi connectivity index (χ3v) is 5.70. The van der Waals surface area contributed by atoms with Gasteiger partial charge in [-0.15, -0.1) is 0 Å². The van der Waals surface area contributed by atoms with Gasteiger partial charge in [-0.1, -0.05) is 60.2 Å². The number of hydrogen-bond donors (Lipinski definition) is 0. The minimum atomic E-state index is 0.549. The molecule has 2 heterocycles. The van der Waals surface area contributed by atoms with Crippen LogP contribution in [0.3, 0.4) is 0 Å². The van der Waals surface area contributed by atoms with E-state index < -0.39 is 0 Å². The van der Waals surface area contributed by atoms with Crippen LogP contribution >= 0.6 is 27.3 Å². The fourth-order valence-corrected chi connectivity index (χ4v) is 4.21. The predicted molar refractivity (Wildman–Crippen MR) is 96.7 cm³/mol. The summed E-state index contributed by atoms with van der Waals surface area (Å²) >= 11 is 5.22. The first-order valence-corrected chi connectivity index (χ1v) is 9.43. The van der Waals surface area contributed by atoms with Gasteiger partial charge in [-0.25, -0.2) is 9.50 Å². The second-order valence-corrected chi connectivity index (χ2v) is 7.32. The average molecular weight is 378 g/mol. The molecule has 0 bridgehead atoms. The van der Waals surface area contributed by atoms with E-state index in [0.29, 0.717) is 5.92 Å². The number of aromatic nitrogens is 3. The van der Waals surface area contributed by atoms with Gasteiger partial charge in [0.05, 0.1) is 11.4 Å². The summed E-state index contributed by atoms with van der Waals surface area (Å²) in [5, 5.41) is 6.07. The number of fused-ring (bicyclic) bond motifs is 1. The van der Waals surface area contributed by atoms with Gasteiger partial charge in [0.1, 0.15) is 5.01 Å². The molecular weight excluding hydrogens is 358 g/mol. The monoisotopic (exact) mass is 377 g/mol. The van der Waals surface area contributed by atoms with Crippen LogP contribution in [0.1, 0.15) is 50.2 Å². The molecule has 0 radical (unpaired) electrons. The van der Waals surface area contributed by atoms with Crippen LogP contribution in [0, 0.1) is 0 Å². The zero-order chi connectivity index (χ0) is 15.7. The fraction of sp³-hybridized carbons (Fsp3) is 0.412. The van der Waals surface area contributed by atoms with Crippen molar-refractivity contribution in [3.05, 3.63) is 39.4 Å². The average Bonchev–Trinajstić information content (AvgIpc) is 3.06. The molecule has 3 aromatic rings. The van der Waals surface area contributed by atoms with Crippen LogP contribution in [0.2, 0.25) is 0 Å². The lowest BCUT2D eigenvalue weighted by molar-refractivity contribution is 0.623. The molecular formula is C17H20BrN3S. The Morgan fingerprint density at radius 1 is 1.14 bits per heavy atom. The van der Waals surface area contributed by atoms with Crippen molar-refractivity contribution in [1.82, 2.24) is 14.6 Å². The molecule has 0 saturated carbocycles. The lowest BCUT2D eigenvalue weighted by atomic mass is 10.1. The quantitative estimate of drug-likeness (QED) is 0.571. The van der Waals surface area contributed by atoms with Crippen molar-refractivity contribution in [2.75, 3.05) is 0 Å². The Morgan fingerprint density at radius 3 is 2.41 bits per heavy atom. The Morgan fingerprint density at radius 2 is 1.82 bits per heavy atom. The third-order valence-electron chi connectivity index (χ3n) is 4.10. The van der Waals surface area contributed by atoms with Crippen molar-refractivity contribution in [3.63, 3.8) is 0 Å². The van der Waals surface area contributed by atoms with E-state index in [-0.39, 0.29) is 0 Å². The molecule has 1 aromatic carbocycles. The highest BCUT2D eigenvalue weighted by atomic mass is 79.9. The number of halogens is 1. The molecule has 22 heavy (non-hydrogen) atoms. The number of nitrogens with zero attached hydrogens (tertiary/aromatic N) is 3. The number of hydrogen-bond acceptors (Lipinski definition) is 3. The van der Waals surface area contributed by atoms with E-state index in [0.717, 1.165) is 40.0 Å². The van der Waals surface area contributed by atoms with Gasteiger partial charge in [0.2, 0.25) is 4.96 Å². The van der Waals surface area contributed by atoms with E-state index in [4.69, 9.17) is 10.1 Å². The molecule has 0 amide bonds. The molecule has 0 aliphatic carbocycles. The van der Waals surface area contributed by atoms with Crippen molar-refractivity contribution in [2.45, 2.75) is 46.0 Å². The molecule has 3 rings (SSSR count). The molecule has 0 saturated heterocycles. The van der Waals surface area contributed by atoms with Crippen LogP contribution in [-0.2, 0) is 6.42 Å². The normalized spacial score (nSPS) is 11.7. The summed E-state index contributed by atoms with van der Waals surface area (Å²) in [6.45, 7) is 6.63. The molecule has 116 valence electrons. The van der Waals surface area contributed by atoms with Crippen LogP contribution in [0.25, 0.3) is 16.2 Å². The maximum atomic E-state index is 4.86. The first-order valence-electron chi connectivity index (χ1n) is 7.82. The van der Waals surface area contributed by atoms with E-state index in [1.54, 1.807) is 11.3 Å². The van der Waals surface area contributed by atoms with Crippen LogP contribution in [0.4, 0.5) is 0 Å². The molecule has 2 aromatic heterocycles. The minimum absolute atomic E-state index is 0.549. The molecule has 0 N–H and O–H groups in total. The van der Waals surface area contributed by atoms with E-state index >= 15 is 0 Å². The first kappa shape index (κ1) is 15.7. The van der Waals surface area contributed by atoms with Crippen LogP contribution < -0.4 is 0 Å². The highest BCUT2D eigenvalue weighted by Gasteiger charge is 2.19. The molecule has 0 fully saturated rings. The number of imidazole rings is 1. The highest BCUT2D eigenvalue weighted by Crippen LogP contribution is 2.32. The highest BCUT2D eigenvalue weighted by molar-refractivity contribution is 9.10. The SMILES string of the molecule is CCc1c(-c2ccc(Br)cc2)nc2sc(C(CC)CC)nn12.